The van der Waals surface area contributed by atoms with Gasteiger partial charge in [-0.25, -0.2) is 15.0 Å². The molecule has 9 heteroatoms. The third-order valence-corrected chi connectivity index (χ3v) is 5.07. The van der Waals surface area contributed by atoms with Crippen LogP contribution in [0.25, 0.3) is 11.3 Å². The summed E-state index contributed by atoms with van der Waals surface area (Å²) in [6.07, 6.45) is 3.19. The van der Waals surface area contributed by atoms with Gasteiger partial charge in [-0.1, -0.05) is 6.07 Å². The molecule has 33 heavy (non-hydrogen) atoms. The lowest BCUT2D eigenvalue weighted by atomic mass is 10.0. The zero-order valence-corrected chi connectivity index (χ0v) is 19.1. The fraction of sp³-hybridized carbons (Fsp3) is 0.250. The summed E-state index contributed by atoms with van der Waals surface area (Å²) in [5.41, 5.74) is 4.48. The number of aromatic nitrogens is 3. The summed E-state index contributed by atoms with van der Waals surface area (Å²) in [7, 11) is 3.06. The van der Waals surface area contributed by atoms with Crippen LogP contribution in [0.15, 0.2) is 36.7 Å². The average Bonchev–Trinajstić information content (AvgIpc) is 2.82. The Balaban J connectivity index is 1.75. The average molecular weight is 444 g/mol. The quantitative estimate of drug-likeness (QED) is 0.620. The van der Waals surface area contributed by atoms with Crippen LogP contribution in [0.2, 0.25) is 0 Å². The van der Waals surface area contributed by atoms with Gasteiger partial charge in [-0.05, 0) is 55.7 Å². The second-order valence-electron chi connectivity index (χ2n) is 7.54. The molecule has 1 N–H and O–H groups in total. The molecule has 0 saturated carbocycles. The molecule has 2 heterocycles. The van der Waals surface area contributed by atoms with Crippen molar-refractivity contribution in [3.63, 3.8) is 0 Å². The van der Waals surface area contributed by atoms with E-state index in [0.29, 0.717) is 22.8 Å². The van der Waals surface area contributed by atoms with Crippen molar-refractivity contribution in [2.45, 2.75) is 20.8 Å². The highest BCUT2D eigenvalue weighted by molar-refractivity contribution is 5.99. The Kier molecular flexibility index (Phi) is 6.98. The van der Waals surface area contributed by atoms with Crippen LogP contribution in [0.5, 0.6) is 5.75 Å². The summed E-state index contributed by atoms with van der Waals surface area (Å²) in [6.45, 7) is 5.32. The van der Waals surface area contributed by atoms with E-state index < -0.39 is 5.91 Å². The fourth-order valence-corrected chi connectivity index (χ4v) is 3.23. The molecule has 0 radical (unpaired) electrons. The molecule has 0 fully saturated rings. The van der Waals surface area contributed by atoms with Crippen molar-refractivity contribution in [2.75, 3.05) is 25.6 Å². The minimum Gasteiger partial charge on any atom is -0.493 e. The van der Waals surface area contributed by atoms with E-state index in [0.717, 1.165) is 22.3 Å². The first-order valence-electron chi connectivity index (χ1n) is 10.1. The Hall–Kier alpha value is -4.32. The van der Waals surface area contributed by atoms with Crippen molar-refractivity contribution in [3.05, 3.63) is 64.7 Å². The molecule has 2 amide bonds. The summed E-state index contributed by atoms with van der Waals surface area (Å²) in [6, 6.07) is 9.14. The van der Waals surface area contributed by atoms with E-state index in [1.807, 2.05) is 20.8 Å². The van der Waals surface area contributed by atoms with Crippen molar-refractivity contribution in [1.29, 1.82) is 5.26 Å². The normalized spacial score (nSPS) is 10.3. The molecule has 0 spiro atoms. The number of rotatable bonds is 6. The molecule has 0 aliphatic carbocycles. The van der Waals surface area contributed by atoms with Crippen molar-refractivity contribution in [1.82, 2.24) is 20.3 Å². The molecule has 0 aliphatic rings. The molecular weight excluding hydrogens is 420 g/mol. The Bertz CT molecular complexity index is 1270. The lowest BCUT2D eigenvalue weighted by molar-refractivity contribution is -0.117. The molecule has 9 nitrogen and oxygen atoms in total. The van der Waals surface area contributed by atoms with Gasteiger partial charge in [0, 0.05) is 25.0 Å². The van der Waals surface area contributed by atoms with Crippen molar-refractivity contribution < 1.29 is 14.3 Å². The number of carbonyl (C=O) groups is 2. The first-order valence-corrected chi connectivity index (χ1v) is 10.1. The maximum Gasteiger partial charge on any atom is 0.289 e. The number of pyridine rings is 1. The van der Waals surface area contributed by atoms with E-state index >= 15 is 0 Å². The van der Waals surface area contributed by atoms with Crippen LogP contribution >= 0.6 is 0 Å². The summed E-state index contributed by atoms with van der Waals surface area (Å²) in [4.78, 5) is 39.4. The van der Waals surface area contributed by atoms with Gasteiger partial charge in [0.15, 0.2) is 11.6 Å². The highest BCUT2D eigenvalue weighted by Crippen LogP contribution is 2.26. The van der Waals surface area contributed by atoms with Crippen LogP contribution in [0.1, 0.15) is 32.9 Å². The molecule has 0 unspecified atom stereocenters. The number of ether oxygens (including phenoxy) is 1. The Morgan fingerprint density at radius 3 is 2.55 bits per heavy atom. The molecule has 0 atom stereocenters. The predicted octanol–water partition coefficient (Wildman–Crippen LogP) is 2.74. The van der Waals surface area contributed by atoms with E-state index in [9.17, 15) is 9.59 Å². The predicted molar refractivity (Wildman–Crippen MR) is 123 cm³/mol. The van der Waals surface area contributed by atoms with Crippen LogP contribution in [-0.2, 0) is 4.79 Å². The van der Waals surface area contributed by atoms with Gasteiger partial charge in [-0.3, -0.25) is 14.5 Å². The van der Waals surface area contributed by atoms with Gasteiger partial charge in [-0.2, -0.15) is 5.26 Å². The zero-order valence-electron chi connectivity index (χ0n) is 19.1. The highest BCUT2D eigenvalue weighted by Gasteiger charge is 2.20. The number of benzene rings is 1. The molecule has 168 valence electrons. The van der Waals surface area contributed by atoms with Crippen LogP contribution in [0.3, 0.4) is 0 Å². The highest BCUT2D eigenvalue weighted by atomic mass is 16.5. The van der Waals surface area contributed by atoms with Crippen LogP contribution in [-0.4, -0.2) is 47.5 Å². The van der Waals surface area contributed by atoms with Gasteiger partial charge < -0.3 is 10.1 Å². The number of anilines is 1. The standard InChI is InChI=1S/C24H24N6O3/c1-14-8-19(33-5)23(27-11-14)30(4)20(31)13-28-24(32)22-26-12-16(3)21(29-22)18-7-6-17(10-25)9-15(18)2/h6-9,11-12H,13H2,1-5H3,(H,28,32). The van der Waals surface area contributed by atoms with Crippen LogP contribution in [0.4, 0.5) is 5.82 Å². The summed E-state index contributed by atoms with van der Waals surface area (Å²) >= 11 is 0. The lowest BCUT2D eigenvalue weighted by Crippen LogP contribution is -2.39. The number of nitrogens with one attached hydrogen (secondary N) is 1. The SMILES string of the molecule is COc1cc(C)cnc1N(C)C(=O)CNC(=O)c1ncc(C)c(-c2ccc(C#N)cc2C)n1. The lowest BCUT2D eigenvalue weighted by Gasteiger charge is -2.19. The van der Waals surface area contributed by atoms with E-state index in [1.165, 1.54) is 12.0 Å². The number of likely N-dealkylation sites (N-methyl/N-ethyl adjacent to an activating group) is 1. The number of methoxy groups -OCH3 is 1. The first-order chi connectivity index (χ1) is 15.7. The van der Waals surface area contributed by atoms with Gasteiger partial charge in [0.1, 0.15) is 0 Å². The molecule has 0 bridgehead atoms. The van der Waals surface area contributed by atoms with Crippen molar-refractivity contribution in [3.8, 4) is 23.1 Å². The third-order valence-electron chi connectivity index (χ3n) is 5.07. The van der Waals surface area contributed by atoms with E-state index in [-0.39, 0.29) is 18.3 Å². The second kappa shape index (κ2) is 9.87. The van der Waals surface area contributed by atoms with Crippen LogP contribution < -0.4 is 15.0 Å². The van der Waals surface area contributed by atoms with E-state index in [2.05, 4.69) is 26.3 Å². The molecule has 0 saturated heterocycles. The number of hydrogen-bond acceptors (Lipinski definition) is 7. The molecule has 0 aliphatic heterocycles. The Morgan fingerprint density at radius 1 is 1.12 bits per heavy atom. The molecule has 1 aromatic carbocycles. The van der Waals surface area contributed by atoms with Gasteiger partial charge in [0.05, 0.1) is 31.0 Å². The van der Waals surface area contributed by atoms with Gasteiger partial charge >= 0.3 is 0 Å². The third kappa shape index (κ3) is 5.13. The van der Waals surface area contributed by atoms with E-state index in [4.69, 9.17) is 10.00 Å². The molecule has 3 aromatic rings. The minimum absolute atomic E-state index is 0.0548. The smallest absolute Gasteiger partial charge is 0.289 e. The Morgan fingerprint density at radius 2 is 1.88 bits per heavy atom. The van der Waals surface area contributed by atoms with Gasteiger partial charge in [-0.15, -0.1) is 0 Å². The summed E-state index contributed by atoms with van der Waals surface area (Å²) in [5, 5.41) is 11.6. The number of aryl methyl sites for hydroxylation is 3. The Labute approximate surface area is 192 Å². The molecule has 2 aromatic heterocycles. The second-order valence-corrected chi connectivity index (χ2v) is 7.54. The monoisotopic (exact) mass is 444 g/mol. The van der Waals surface area contributed by atoms with Crippen molar-refractivity contribution in [2.24, 2.45) is 0 Å². The number of amides is 2. The largest absolute Gasteiger partial charge is 0.493 e. The first kappa shape index (κ1) is 23.3. The summed E-state index contributed by atoms with van der Waals surface area (Å²) < 4.78 is 5.30. The van der Waals surface area contributed by atoms with Crippen molar-refractivity contribution >= 4 is 17.6 Å². The number of carbonyl (C=O) groups excluding carboxylic acids is 2. The van der Waals surface area contributed by atoms with Gasteiger partial charge in [0.2, 0.25) is 11.7 Å². The number of hydrogen-bond donors (Lipinski definition) is 1. The zero-order chi connectivity index (χ0) is 24.1. The maximum absolute atomic E-state index is 12.7. The number of nitrogens with zero attached hydrogens (tertiary/aromatic N) is 5. The summed E-state index contributed by atoms with van der Waals surface area (Å²) in [5.74, 6) is -0.198. The van der Waals surface area contributed by atoms with Gasteiger partial charge in [0.25, 0.3) is 5.91 Å². The fourth-order valence-electron chi connectivity index (χ4n) is 3.23. The topological polar surface area (TPSA) is 121 Å². The van der Waals surface area contributed by atoms with E-state index in [1.54, 1.807) is 43.7 Å². The maximum atomic E-state index is 12.7. The molecule has 3 rings (SSSR count). The van der Waals surface area contributed by atoms with Crippen LogP contribution in [0, 0.1) is 32.1 Å². The minimum atomic E-state index is -0.576. The number of nitriles is 1. The molecular formula is C24H24N6O3.